The van der Waals surface area contributed by atoms with Crippen LogP contribution in [-0.4, -0.2) is 46.6 Å². The van der Waals surface area contributed by atoms with Crippen molar-refractivity contribution in [3.8, 4) is 17.2 Å². The van der Waals surface area contributed by atoms with Gasteiger partial charge >= 0.3 is 0 Å². The van der Waals surface area contributed by atoms with E-state index in [0.29, 0.717) is 33.4 Å². The molecule has 282 valence electrons. The Morgan fingerprint density at radius 2 is 0.529 bits per heavy atom. The van der Waals surface area contributed by atoms with Gasteiger partial charge in [-0.25, -0.2) is 25.3 Å². The van der Waals surface area contributed by atoms with Gasteiger partial charge in [0.05, 0.1) is 55.8 Å². The molecule has 0 saturated heterocycles. The third-order valence-electron chi connectivity index (χ3n) is 9.19. The van der Waals surface area contributed by atoms with Crippen molar-refractivity contribution in [1.29, 1.82) is 0 Å². The van der Waals surface area contributed by atoms with Crippen molar-refractivity contribution in [2.75, 3.05) is 21.3 Å². The molecule has 0 amide bonds. The number of methoxy groups -OCH3 is 3. The second-order valence-electron chi connectivity index (χ2n) is 16.8. The summed E-state index contributed by atoms with van der Waals surface area (Å²) in [5.74, 6) is -2.01. The van der Waals surface area contributed by atoms with E-state index in [2.05, 4.69) is 0 Å². The summed E-state index contributed by atoms with van der Waals surface area (Å²) >= 11 is 0. The molecule has 51 heavy (non-hydrogen) atoms. The van der Waals surface area contributed by atoms with E-state index in [4.69, 9.17) is 14.2 Å². The summed E-state index contributed by atoms with van der Waals surface area (Å²) in [5.41, 5.74) is 3.06. The predicted molar refractivity (Wildman–Crippen MR) is 204 cm³/mol. The van der Waals surface area contributed by atoms with Crippen LogP contribution in [0.25, 0.3) is 0 Å². The first kappa shape index (κ1) is 40.7. The van der Waals surface area contributed by atoms with Crippen molar-refractivity contribution >= 4 is 29.5 Å². The minimum Gasteiger partial charge on any atom is -0.496 e. The SMILES string of the molecule is COc1c2cc(C(C)(C)C)cc1CS(=O)(=O)Cc1cc(C(C)(C)C)cc(c1OC)CS(=O)(=O)Cc1cc(C(C)(C)C)cc(c1OC)CS(=O)(=O)C2. The Bertz CT molecular complexity index is 1800. The van der Waals surface area contributed by atoms with Crippen LogP contribution in [0, 0.1) is 0 Å². The van der Waals surface area contributed by atoms with Crippen LogP contribution in [0.3, 0.4) is 0 Å². The first-order chi connectivity index (χ1) is 23.2. The molecule has 12 heteroatoms. The fraction of sp³-hybridized carbons (Fsp3) is 0.538. The van der Waals surface area contributed by atoms with Gasteiger partial charge in [-0.3, -0.25) is 0 Å². The van der Waals surface area contributed by atoms with Crippen LogP contribution in [0.2, 0.25) is 0 Å². The number of ether oxygens (including phenoxy) is 3. The fourth-order valence-corrected chi connectivity index (χ4v) is 11.0. The molecule has 0 aromatic heterocycles. The van der Waals surface area contributed by atoms with E-state index in [-0.39, 0.29) is 17.2 Å². The molecule has 3 aromatic rings. The summed E-state index contributed by atoms with van der Waals surface area (Å²) in [6.45, 7) is 17.8. The molecule has 0 spiro atoms. The van der Waals surface area contributed by atoms with Gasteiger partial charge < -0.3 is 14.2 Å². The normalized spacial score (nSPS) is 17.9. The topological polar surface area (TPSA) is 130 Å². The maximum atomic E-state index is 14.1. The maximum Gasteiger partial charge on any atom is 0.158 e. The summed E-state index contributed by atoms with van der Waals surface area (Å²) in [7, 11) is -7.60. The molecule has 0 fully saturated rings. The molecule has 0 unspecified atom stereocenters. The van der Waals surface area contributed by atoms with E-state index in [1.54, 1.807) is 36.4 Å². The van der Waals surface area contributed by atoms with Crippen LogP contribution in [-0.2, 0) is 80.3 Å². The molecular weight excluding hydrogens is 709 g/mol. The summed E-state index contributed by atoms with van der Waals surface area (Å²) in [6, 6.07) is 10.6. The lowest BCUT2D eigenvalue weighted by atomic mass is 9.85. The van der Waals surface area contributed by atoms with Crippen LogP contribution in [0.5, 0.6) is 17.2 Å². The Labute approximate surface area is 305 Å². The maximum absolute atomic E-state index is 14.1. The number of hydrogen-bond acceptors (Lipinski definition) is 9. The molecule has 0 atom stereocenters. The summed E-state index contributed by atoms with van der Waals surface area (Å²) in [5, 5.41) is 0. The van der Waals surface area contributed by atoms with Gasteiger partial charge in [-0.2, -0.15) is 0 Å². The predicted octanol–water partition coefficient (Wildman–Crippen LogP) is 7.26. The molecule has 0 aliphatic carbocycles. The van der Waals surface area contributed by atoms with Crippen molar-refractivity contribution in [3.63, 3.8) is 0 Å². The second-order valence-corrected chi connectivity index (χ2v) is 23.0. The average molecular weight is 763 g/mol. The van der Waals surface area contributed by atoms with Gasteiger partial charge in [-0.15, -0.1) is 0 Å². The molecule has 0 N–H and O–H groups in total. The molecule has 0 saturated carbocycles. The van der Waals surface area contributed by atoms with E-state index in [0.717, 1.165) is 16.7 Å². The van der Waals surface area contributed by atoms with E-state index in [1.165, 1.54) is 21.3 Å². The van der Waals surface area contributed by atoms with Gasteiger partial charge in [0.1, 0.15) is 17.2 Å². The van der Waals surface area contributed by atoms with Crippen molar-refractivity contribution in [2.24, 2.45) is 0 Å². The highest BCUT2D eigenvalue weighted by atomic mass is 32.2. The Morgan fingerprint density at radius 3 is 0.647 bits per heavy atom. The highest BCUT2D eigenvalue weighted by Gasteiger charge is 2.31. The van der Waals surface area contributed by atoms with Gasteiger partial charge in [0.2, 0.25) is 0 Å². The molecule has 1 aliphatic heterocycles. The van der Waals surface area contributed by atoms with E-state index < -0.39 is 80.3 Å². The van der Waals surface area contributed by atoms with Crippen molar-refractivity contribution in [3.05, 3.63) is 86.5 Å². The Kier molecular flexibility index (Phi) is 11.2. The minimum absolute atomic E-state index is 0.203. The van der Waals surface area contributed by atoms with E-state index in [9.17, 15) is 25.3 Å². The van der Waals surface area contributed by atoms with Gasteiger partial charge in [-0.05, 0) is 32.9 Å². The minimum atomic E-state index is -3.95. The highest BCUT2D eigenvalue weighted by Crippen LogP contribution is 2.40. The number of sulfone groups is 3. The van der Waals surface area contributed by atoms with Crippen LogP contribution in [0.15, 0.2) is 36.4 Å². The molecule has 1 aliphatic rings. The smallest absolute Gasteiger partial charge is 0.158 e. The van der Waals surface area contributed by atoms with Crippen molar-refractivity contribution in [1.82, 2.24) is 0 Å². The second kappa shape index (κ2) is 14.0. The molecule has 1 heterocycles. The van der Waals surface area contributed by atoms with E-state index in [1.807, 2.05) is 62.3 Å². The fourth-order valence-electron chi connectivity index (χ4n) is 6.57. The van der Waals surface area contributed by atoms with Crippen LogP contribution >= 0.6 is 0 Å². The zero-order valence-corrected chi connectivity index (χ0v) is 34.6. The molecule has 4 rings (SSSR count). The third kappa shape index (κ3) is 9.67. The summed E-state index contributed by atoms with van der Waals surface area (Å²) in [4.78, 5) is 0. The van der Waals surface area contributed by atoms with Crippen LogP contribution < -0.4 is 14.2 Å². The molecule has 6 bridgehead atoms. The lowest BCUT2D eigenvalue weighted by Crippen LogP contribution is -2.19. The van der Waals surface area contributed by atoms with Gasteiger partial charge in [0.15, 0.2) is 29.5 Å². The first-order valence-electron chi connectivity index (χ1n) is 16.9. The summed E-state index contributed by atoms with van der Waals surface area (Å²) in [6.07, 6.45) is 0. The van der Waals surface area contributed by atoms with Gasteiger partial charge in [0, 0.05) is 33.4 Å². The van der Waals surface area contributed by atoms with Gasteiger partial charge in [0.25, 0.3) is 0 Å². The Hall–Kier alpha value is -3.09. The Morgan fingerprint density at radius 1 is 0.373 bits per heavy atom. The lowest BCUT2D eigenvalue weighted by Gasteiger charge is -2.26. The van der Waals surface area contributed by atoms with Gasteiger partial charge in [-0.1, -0.05) is 98.7 Å². The molecule has 3 aromatic carbocycles. The largest absolute Gasteiger partial charge is 0.496 e. The third-order valence-corrected chi connectivity index (χ3v) is 13.7. The van der Waals surface area contributed by atoms with E-state index >= 15 is 0 Å². The standard InChI is InChI=1S/C39H54O9S3/c1-37(2,3)31-13-25-19-49(40,41)21-27-15-32(38(4,5)6)17-29(35(27)47-11)23-51(44,45)24-30-18-33(39(7,8)9)16-28(36(30)48-12)22-50(42,43)20-26(14-31)34(25)46-10/h13-18H,19-24H2,1-12H3. The average Bonchev–Trinajstić information content (AvgIpc) is 2.93. The summed E-state index contributed by atoms with van der Waals surface area (Å²) < 4.78 is 102. The molecule has 0 radical (unpaired) electrons. The quantitative estimate of drug-likeness (QED) is 0.271. The number of hydrogen-bond donors (Lipinski definition) is 0. The monoisotopic (exact) mass is 762 g/mol. The molecular formula is C39H54O9S3. The number of benzene rings is 3. The first-order valence-corrected chi connectivity index (χ1v) is 22.4. The van der Waals surface area contributed by atoms with Crippen molar-refractivity contribution in [2.45, 2.75) is 113 Å². The van der Waals surface area contributed by atoms with Crippen LogP contribution in [0.4, 0.5) is 0 Å². The van der Waals surface area contributed by atoms with Crippen molar-refractivity contribution < 1.29 is 39.5 Å². The highest BCUT2D eigenvalue weighted by molar-refractivity contribution is 7.90. The van der Waals surface area contributed by atoms with Crippen LogP contribution in [0.1, 0.15) is 112 Å². The number of rotatable bonds is 3. The number of fused-ring (bicyclic) bond motifs is 6. The molecule has 9 nitrogen and oxygen atoms in total. The zero-order valence-electron chi connectivity index (χ0n) is 32.1. The Balaban J connectivity index is 2.12. The lowest BCUT2D eigenvalue weighted by molar-refractivity contribution is 0.404. The zero-order chi connectivity index (χ0) is 38.5.